The van der Waals surface area contributed by atoms with Gasteiger partial charge < -0.3 is 38.9 Å². The van der Waals surface area contributed by atoms with Crippen molar-refractivity contribution < 1.29 is 31.8 Å². The van der Waals surface area contributed by atoms with Gasteiger partial charge in [-0.1, -0.05) is 0 Å². The van der Waals surface area contributed by atoms with E-state index in [2.05, 4.69) is 51.7 Å². The molecule has 0 bridgehead atoms. The molecule has 10 heterocycles. The van der Waals surface area contributed by atoms with Gasteiger partial charge in [0.25, 0.3) is 0 Å². The molecule has 2 aromatic carbocycles. The Labute approximate surface area is 472 Å². The number of methoxy groups -OCH3 is 1. The zero-order valence-corrected chi connectivity index (χ0v) is 47.0. The molecule has 8 aromatic rings. The molecule has 4 unspecified atom stereocenters. The van der Waals surface area contributed by atoms with Crippen LogP contribution >= 0.6 is 0 Å². The van der Waals surface area contributed by atoms with Crippen molar-refractivity contribution in [2.45, 2.75) is 111 Å². The van der Waals surface area contributed by atoms with Gasteiger partial charge in [0.1, 0.15) is 19.0 Å². The molecule has 0 spiro atoms. The number of piperidine rings is 2. The third kappa shape index (κ3) is 11.3. The van der Waals surface area contributed by atoms with Crippen molar-refractivity contribution >= 4 is 39.0 Å². The molecule has 6 aromatic heterocycles. The molecule has 0 amide bonds. The van der Waals surface area contributed by atoms with Gasteiger partial charge in [0.05, 0.1) is 64.8 Å². The second kappa shape index (κ2) is 23.4. The summed E-state index contributed by atoms with van der Waals surface area (Å²) < 4.78 is 78.6. The van der Waals surface area contributed by atoms with Crippen LogP contribution in [0.5, 0.6) is 17.4 Å². The van der Waals surface area contributed by atoms with E-state index in [-0.39, 0.29) is 70.5 Å². The van der Waals surface area contributed by atoms with Crippen LogP contribution in [0.1, 0.15) is 90.8 Å². The molecule has 4 aliphatic rings. The number of pyridine rings is 6. The van der Waals surface area contributed by atoms with Crippen molar-refractivity contribution in [1.29, 1.82) is 0 Å². The Kier molecular flexibility index (Phi) is 15.9. The highest BCUT2D eigenvalue weighted by Crippen LogP contribution is 2.38. The monoisotopic (exact) mass is 1120 g/mol. The van der Waals surface area contributed by atoms with E-state index in [1.54, 1.807) is 31.8 Å². The molecule has 0 aliphatic carbocycles. The fraction of sp³-hybridized carbons (Fsp3) is 0.387. The summed E-state index contributed by atoms with van der Waals surface area (Å²) in [4.78, 5) is 54.3. The standard InChI is InChI=1S/C31H34F2N6O3.C31H33F2N5O2/c1-18-11-36-27(41-3)9-20(18)13-38(23-5-4-8-37(16-23)22-6-7-26(34)35-12-22)14-21-15-39-19(2)17-42-31-28(33)25(32)10-24(29(31)39)30(21)40;1-19-6-7-24(13-35-19)36-10-4-5-25(17-36)37(14-22-8-9-34-20(2)11-22)15-23-16-38-21(3)18-40-31-28(33)27(32)12-26(29(31)38)30(23)39/h6-7,9-12,15,19,23H,4-5,8,13-14,16-17H2,1-3H3,(H2,34,35);6-9,11-13,16,21,25H,4-5,10,14-15,17-18H2,1-3H3. The van der Waals surface area contributed by atoms with Crippen molar-refractivity contribution in [2.75, 3.05) is 62.0 Å². The van der Waals surface area contributed by atoms with E-state index in [0.717, 1.165) is 103 Å². The van der Waals surface area contributed by atoms with E-state index in [4.69, 9.17) is 19.9 Å². The summed E-state index contributed by atoms with van der Waals surface area (Å²) >= 11 is 0. The van der Waals surface area contributed by atoms with Gasteiger partial charge in [-0.3, -0.25) is 29.4 Å². The second-order valence-corrected chi connectivity index (χ2v) is 22.2. The number of aromatic nitrogens is 6. The van der Waals surface area contributed by atoms with Gasteiger partial charge in [-0.25, -0.2) is 18.7 Å². The summed E-state index contributed by atoms with van der Waals surface area (Å²) in [5.74, 6) is -3.69. The van der Waals surface area contributed by atoms with Gasteiger partial charge in [0, 0.05) is 118 Å². The minimum atomic E-state index is -1.09. The average molecular weight is 1120 g/mol. The lowest BCUT2D eigenvalue weighted by Gasteiger charge is -2.40. The van der Waals surface area contributed by atoms with Crippen LogP contribution in [-0.2, 0) is 26.2 Å². The SMILES string of the molecule is COc1cc(CN(Cc2cn3c4c(c(F)c(F)cc4c2=O)OCC3C)C2CCCN(c3ccc(N)nc3)C2)c(C)cn1.Cc1ccc(N2CCCC(N(Cc3ccnc(C)c3)Cc3cn4c5c(c(F)c(F)cc5c3=O)OCC4C)C2)cn1. The Morgan fingerprint density at radius 3 is 1.68 bits per heavy atom. The van der Waals surface area contributed by atoms with E-state index in [9.17, 15) is 27.2 Å². The van der Waals surface area contributed by atoms with E-state index in [1.165, 1.54) is 0 Å². The minimum absolute atomic E-state index is 0.0904. The number of hydrogen-bond donors (Lipinski definition) is 1. The molecule has 4 atom stereocenters. The molecule has 0 saturated carbocycles. The number of nitrogens with two attached hydrogens (primary N) is 1. The van der Waals surface area contributed by atoms with Gasteiger partial charge in [-0.15, -0.1) is 0 Å². The van der Waals surface area contributed by atoms with Crippen LogP contribution in [-0.4, -0.2) is 97.5 Å². The number of benzene rings is 2. The molecule has 20 heteroatoms. The molecule has 12 rings (SSSR count). The number of rotatable bonds is 13. The third-order valence-corrected chi connectivity index (χ3v) is 16.5. The summed E-state index contributed by atoms with van der Waals surface area (Å²) in [6.07, 6.45) is 14.8. The molecule has 82 heavy (non-hydrogen) atoms. The first-order chi connectivity index (χ1) is 39.5. The maximum absolute atomic E-state index is 14.6. The van der Waals surface area contributed by atoms with Crippen LogP contribution in [0.2, 0.25) is 0 Å². The predicted octanol–water partition coefficient (Wildman–Crippen LogP) is 9.90. The highest BCUT2D eigenvalue weighted by Gasteiger charge is 2.33. The Morgan fingerprint density at radius 2 is 1.17 bits per heavy atom. The molecular weight excluding hydrogens is 1050 g/mol. The third-order valence-electron chi connectivity index (χ3n) is 16.5. The fourth-order valence-corrected chi connectivity index (χ4v) is 12.0. The first-order valence-corrected chi connectivity index (χ1v) is 27.9. The van der Waals surface area contributed by atoms with Crippen molar-refractivity contribution in [3.05, 3.63) is 175 Å². The highest BCUT2D eigenvalue weighted by atomic mass is 19.2. The quantitative estimate of drug-likeness (QED) is 0.109. The Hall–Kier alpha value is -8.10. The van der Waals surface area contributed by atoms with Crippen molar-refractivity contribution in [1.82, 2.24) is 38.9 Å². The average Bonchev–Trinajstić information content (AvgIpc) is 2.48. The van der Waals surface area contributed by atoms with E-state index >= 15 is 0 Å². The zero-order chi connectivity index (χ0) is 57.5. The molecule has 4 aliphatic heterocycles. The molecule has 428 valence electrons. The van der Waals surface area contributed by atoms with Crippen LogP contribution < -0.4 is 40.6 Å². The van der Waals surface area contributed by atoms with Gasteiger partial charge in [-0.2, -0.15) is 8.78 Å². The van der Waals surface area contributed by atoms with Crippen LogP contribution in [0.4, 0.5) is 34.8 Å². The lowest BCUT2D eigenvalue weighted by molar-refractivity contribution is 0.157. The van der Waals surface area contributed by atoms with Crippen LogP contribution in [0.15, 0.2) is 101 Å². The molecular formula is C62H67F4N11O5. The molecule has 0 radical (unpaired) electrons. The Balaban J connectivity index is 0.000000172. The van der Waals surface area contributed by atoms with Crippen molar-refractivity contribution in [3.8, 4) is 17.4 Å². The maximum atomic E-state index is 14.6. The molecule has 2 N–H and O–H groups in total. The first kappa shape index (κ1) is 55.8. The number of ether oxygens (including phenoxy) is 3. The van der Waals surface area contributed by atoms with E-state index in [0.29, 0.717) is 60.0 Å². The van der Waals surface area contributed by atoms with Crippen LogP contribution in [0.3, 0.4) is 0 Å². The smallest absolute Gasteiger partial charge is 0.213 e. The van der Waals surface area contributed by atoms with Gasteiger partial charge in [0.2, 0.25) is 17.5 Å². The van der Waals surface area contributed by atoms with Crippen LogP contribution in [0.25, 0.3) is 21.8 Å². The fourth-order valence-electron chi connectivity index (χ4n) is 12.0. The lowest BCUT2D eigenvalue weighted by Crippen LogP contribution is -2.48. The maximum Gasteiger partial charge on any atom is 0.213 e. The Morgan fingerprint density at radius 1 is 0.634 bits per heavy atom. The van der Waals surface area contributed by atoms with E-state index in [1.807, 2.05) is 86.6 Å². The summed E-state index contributed by atoms with van der Waals surface area (Å²) in [5.41, 5.74) is 14.0. The van der Waals surface area contributed by atoms with Gasteiger partial charge >= 0.3 is 0 Å². The minimum Gasteiger partial charge on any atom is -0.486 e. The van der Waals surface area contributed by atoms with Crippen LogP contribution in [0, 0.1) is 44.0 Å². The topological polar surface area (TPSA) is 162 Å². The largest absolute Gasteiger partial charge is 0.486 e. The summed E-state index contributed by atoms with van der Waals surface area (Å²) in [6.45, 7) is 15.4. The highest BCUT2D eigenvalue weighted by molar-refractivity contribution is 5.87. The summed E-state index contributed by atoms with van der Waals surface area (Å²) in [5, 5.41) is 0.265. The van der Waals surface area contributed by atoms with Crippen molar-refractivity contribution in [2.24, 2.45) is 0 Å². The number of aryl methyl sites for hydroxylation is 3. The number of anilines is 3. The predicted molar refractivity (Wildman–Crippen MR) is 308 cm³/mol. The molecule has 16 nitrogen and oxygen atoms in total. The lowest BCUT2D eigenvalue weighted by atomic mass is 10.00. The number of halogens is 4. The number of nitrogens with zero attached hydrogens (tertiary/aromatic N) is 10. The normalized spacial score (nSPS) is 18.6. The number of hydrogen-bond acceptors (Lipinski definition) is 14. The molecule has 2 fully saturated rings. The van der Waals surface area contributed by atoms with Crippen molar-refractivity contribution in [3.63, 3.8) is 0 Å². The summed E-state index contributed by atoms with van der Waals surface area (Å²) in [6, 6.07) is 15.9. The van der Waals surface area contributed by atoms with E-state index < -0.39 is 23.3 Å². The second-order valence-electron chi connectivity index (χ2n) is 22.2. The first-order valence-electron chi connectivity index (χ1n) is 27.9. The van der Waals surface area contributed by atoms with Gasteiger partial charge in [0.15, 0.2) is 34.0 Å². The zero-order valence-electron chi connectivity index (χ0n) is 47.0. The number of nitrogen functional groups attached to an aromatic ring is 1. The Bertz CT molecular complexity index is 3810. The molecule has 2 saturated heterocycles. The summed E-state index contributed by atoms with van der Waals surface area (Å²) in [7, 11) is 1.58. The van der Waals surface area contributed by atoms with Gasteiger partial charge in [-0.05, 0) is 126 Å².